The van der Waals surface area contributed by atoms with Crippen LogP contribution in [0, 0.1) is 10.1 Å². The molecule has 0 bridgehead atoms. The third-order valence-corrected chi connectivity index (χ3v) is 2.49. The smallest absolute Gasteiger partial charge is 0.340 e. The molecule has 0 fully saturated rings. The molecule has 2 aromatic rings. The number of nitrogens with two attached hydrogens (primary N) is 1. The van der Waals surface area contributed by atoms with Gasteiger partial charge in [-0.2, -0.15) is 0 Å². The van der Waals surface area contributed by atoms with Gasteiger partial charge in [-0.1, -0.05) is 0 Å². The molecule has 0 aliphatic carbocycles. The highest BCUT2D eigenvalue weighted by atomic mass is 79.9. The average molecular weight is 285 g/mol. The third kappa shape index (κ3) is 1.63. The number of hydrogen-bond acceptors (Lipinski definition) is 6. The highest BCUT2D eigenvalue weighted by Gasteiger charge is 2.25. The van der Waals surface area contributed by atoms with Crippen molar-refractivity contribution < 1.29 is 9.34 Å². The number of nitro groups is 1. The van der Waals surface area contributed by atoms with Gasteiger partial charge in [-0.15, -0.1) is 0 Å². The van der Waals surface area contributed by atoms with Crippen LogP contribution < -0.4 is 5.73 Å². The first kappa shape index (κ1) is 10.6. The summed E-state index contributed by atoms with van der Waals surface area (Å²) in [5.41, 5.74) is 5.12. The molecule has 82 valence electrons. The van der Waals surface area contributed by atoms with Crippen molar-refractivity contribution in [3.8, 4) is 11.5 Å². The molecule has 0 aromatic carbocycles. The zero-order valence-corrected chi connectivity index (χ0v) is 9.34. The van der Waals surface area contributed by atoms with Crippen LogP contribution in [0.1, 0.15) is 0 Å². The second-order valence-electron chi connectivity index (χ2n) is 2.81. The van der Waals surface area contributed by atoms with E-state index in [9.17, 15) is 10.1 Å². The van der Waals surface area contributed by atoms with Crippen molar-refractivity contribution in [3.63, 3.8) is 0 Å². The van der Waals surface area contributed by atoms with Gasteiger partial charge < -0.3 is 10.2 Å². The van der Waals surface area contributed by atoms with Crippen molar-refractivity contribution in [2.75, 3.05) is 5.73 Å². The van der Waals surface area contributed by atoms with Crippen molar-refractivity contribution >= 4 is 27.4 Å². The van der Waals surface area contributed by atoms with Crippen LogP contribution in [0.5, 0.6) is 0 Å². The van der Waals surface area contributed by atoms with E-state index in [1.807, 2.05) is 0 Å². The molecule has 0 unspecified atom stereocenters. The molecule has 0 radical (unpaired) electrons. The van der Waals surface area contributed by atoms with Crippen molar-refractivity contribution in [1.29, 1.82) is 0 Å². The lowest BCUT2D eigenvalue weighted by Crippen LogP contribution is -2.02. The fourth-order valence-electron chi connectivity index (χ4n) is 1.20. The van der Waals surface area contributed by atoms with Crippen LogP contribution in [0.2, 0.25) is 0 Å². The molecule has 16 heavy (non-hydrogen) atoms. The molecule has 0 saturated carbocycles. The van der Waals surface area contributed by atoms with Crippen molar-refractivity contribution in [2.45, 2.75) is 0 Å². The summed E-state index contributed by atoms with van der Waals surface area (Å²) in [5, 5.41) is 10.8. The van der Waals surface area contributed by atoms with Gasteiger partial charge in [-0.25, -0.2) is 9.97 Å². The summed E-state index contributed by atoms with van der Waals surface area (Å²) >= 11 is 3.19. The van der Waals surface area contributed by atoms with Gasteiger partial charge in [0.25, 0.3) is 0 Å². The van der Waals surface area contributed by atoms with E-state index in [2.05, 4.69) is 25.9 Å². The Morgan fingerprint density at radius 1 is 1.50 bits per heavy atom. The van der Waals surface area contributed by atoms with Crippen LogP contribution in [0.15, 0.2) is 27.5 Å². The minimum absolute atomic E-state index is 0.0503. The summed E-state index contributed by atoms with van der Waals surface area (Å²) in [6, 6.07) is 1.61. The van der Waals surface area contributed by atoms with Crippen molar-refractivity contribution in [1.82, 2.24) is 9.97 Å². The van der Waals surface area contributed by atoms with Gasteiger partial charge in [-0.3, -0.25) is 10.1 Å². The zero-order chi connectivity index (χ0) is 11.7. The summed E-state index contributed by atoms with van der Waals surface area (Å²) in [4.78, 5) is 17.6. The van der Waals surface area contributed by atoms with E-state index in [1.165, 1.54) is 6.26 Å². The third-order valence-electron chi connectivity index (χ3n) is 1.87. The Bertz CT molecular complexity index is 554. The number of nitrogen functional groups attached to an aromatic ring is 1. The second kappa shape index (κ2) is 3.89. The predicted octanol–water partition coefficient (Wildman–Crippen LogP) is 1.99. The number of nitrogens with zero attached hydrogens (tertiary/aromatic N) is 3. The molecular weight excluding hydrogens is 280 g/mol. The molecule has 0 atom stereocenters. The van der Waals surface area contributed by atoms with E-state index in [-0.39, 0.29) is 23.0 Å². The predicted molar refractivity (Wildman–Crippen MR) is 58.5 cm³/mol. The van der Waals surface area contributed by atoms with Crippen LogP contribution in [0.4, 0.5) is 11.5 Å². The summed E-state index contributed by atoms with van der Waals surface area (Å²) in [5.74, 6) is 0.0547. The standard InChI is InChI=1S/C8H5BrN4O3/c9-4-1-2-16-7(4)5-6(13(14)15)8(10)12-3-11-5/h1-3H,(H2,10,11,12). The van der Waals surface area contributed by atoms with E-state index in [0.717, 1.165) is 6.33 Å². The molecule has 2 heterocycles. The minimum atomic E-state index is -0.639. The Hall–Kier alpha value is -1.96. The van der Waals surface area contributed by atoms with E-state index in [0.29, 0.717) is 4.47 Å². The van der Waals surface area contributed by atoms with Crippen LogP contribution in [-0.2, 0) is 0 Å². The highest BCUT2D eigenvalue weighted by molar-refractivity contribution is 9.10. The van der Waals surface area contributed by atoms with E-state index in [4.69, 9.17) is 10.2 Å². The quantitative estimate of drug-likeness (QED) is 0.667. The SMILES string of the molecule is Nc1ncnc(-c2occc2Br)c1[N+](=O)[O-]. The van der Waals surface area contributed by atoms with Gasteiger partial charge in [0, 0.05) is 0 Å². The number of hydrogen-bond donors (Lipinski definition) is 1. The summed E-state index contributed by atoms with van der Waals surface area (Å²) in [6.07, 6.45) is 2.54. The van der Waals surface area contributed by atoms with Gasteiger partial charge in [-0.05, 0) is 22.0 Å². The first-order chi connectivity index (χ1) is 7.61. The Morgan fingerprint density at radius 2 is 2.25 bits per heavy atom. The van der Waals surface area contributed by atoms with Crippen molar-refractivity contribution in [2.24, 2.45) is 0 Å². The topological polar surface area (TPSA) is 108 Å². The summed E-state index contributed by atoms with van der Waals surface area (Å²) < 4.78 is 5.66. The molecule has 0 amide bonds. The number of rotatable bonds is 2. The zero-order valence-electron chi connectivity index (χ0n) is 7.75. The molecule has 0 aliphatic heterocycles. The van der Waals surface area contributed by atoms with Crippen LogP contribution in [0.3, 0.4) is 0 Å². The minimum Gasteiger partial charge on any atom is -0.461 e. The number of aromatic nitrogens is 2. The lowest BCUT2D eigenvalue weighted by molar-refractivity contribution is -0.383. The van der Waals surface area contributed by atoms with Crippen LogP contribution in [-0.4, -0.2) is 14.9 Å². The Balaban J connectivity index is 2.70. The second-order valence-corrected chi connectivity index (χ2v) is 3.67. The van der Waals surface area contributed by atoms with Crippen LogP contribution >= 0.6 is 15.9 Å². The van der Waals surface area contributed by atoms with Gasteiger partial charge in [0.05, 0.1) is 15.7 Å². The Labute approximate surface area is 97.6 Å². The first-order valence-electron chi connectivity index (χ1n) is 4.09. The van der Waals surface area contributed by atoms with Crippen molar-refractivity contribution in [3.05, 3.63) is 33.2 Å². The lowest BCUT2D eigenvalue weighted by atomic mass is 10.2. The number of anilines is 1. The highest BCUT2D eigenvalue weighted by Crippen LogP contribution is 2.35. The number of halogens is 1. The molecule has 2 aromatic heterocycles. The van der Waals surface area contributed by atoms with E-state index in [1.54, 1.807) is 6.07 Å². The first-order valence-corrected chi connectivity index (χ1v) is 4.88. The van der Waals surface area contributed by atoms with E-state index >= 15 is 0 Å². The maximum atomic E-state index is 10.8. The Kier molecular flexibility index (Phi) is 2.57. The average Bonchev–Trinajstić information content (AvgIpc) is 2.63. The summed E-state index contributed by atoms with van der Waals surface area (Å²) in [7, 11) is 0. The molecular formula is C8H5BrN4O3. The van der Waals surface area contributed by atoms with Gasteiger partial charge in [0.2, 0.25) is 5.82 Å². The largest absolute Gasteiger partial charge is 0.461 e. The molecule has 2 N–H and O–H groups in total. The van der Waals surface area contributed by atoms with Crippen LogP contribution in [0.25, 0.3) is 11.5 Å². The lowest BCUT2D eigenvalue weighted by Gasteiger charge is -2.00. The fraction of sp³-hybridized carbons (Fsp3) is 0. The molecule has 8 heteroatoms. The van der Waals surface area contributed by atoms with Gasteiger partial charge in [0.1, 0.15) is 6.33 Å². The maximum absolute atomic E-state index is 10.8. The fourth-order valence-corrected chi connectivity index (χ4v) is 1.59. The Morgan fingerprint density at radius 3 is 2.81 bits per heavy atom. The molecule has 0 spiro atoms. The molecule has 0 aliphatic rings. The monoisotopic (exact) mass is 284 g/mol. The molecule has 0 saturated heterocycles. The van der Waals surface area contributed by atoms with E-state index < -0.39 is 4.92 Å². The maximum Gasteiger partial charge on any atom is 0.340 e. The molecule has 7 nitrogen and oxygen atoms in total. The van der Waals surface area contributed by atoms with Gasteiger partial charge >= 0.3 is 5.69 Å². The summed E-state index contributed by atoms with van der Waals surface area (Å²) in [6.45, 7) is 0. The van der Waals surface area contributed by atoms with Gasteiger partial charge in [0.15, 0.2) is 11.5 Å². The number of furan rings is 1. The molecule has 2 rings (SSSR count). The normalized spacial score (nSPS) is 10.3.